The molecule has 2 rings (SSSR count). The van der Waals surface area contributed by atoms with Gasteiger partial charge in [0.2, 0.25) is 15.9 Å². The maximum Gasteiger partial charge on any atom is 0.238 e. The number of nitrogens with zero attached hydrogens (tertiary/aromatic N) is 2. The van der Waals surface area contributed by atoms with E-state index in [4.69, 9.17) is 9.15 Å². The maximum atomic E-state index is 12.9. The van der Waals surface area contributed by atoms with Gasteiger partial charge in [0.25, 0.3) is 0 Å². The summed E-state index contributed by atoms with van der Waals surface area (Å²) in [4.78, 5) is 14.6. The smallest absolute Gasteiger partial charge is 0.238 e. The molecule has 7 nitrogen and oxygen atoms in total. The van der Waals surface area contributed by atoms with Crippen molar-refractivity contribution >= 4 is 15.9 Å². The Labute approximate surface area is 156 Å². The van der Waals surface area contributed by atoms with Gasteiger partial charge in [-0.3, -0.25) is 4.79 Å². The van der Waals surface area contributed by atoms with Gasteiger partial charge in [-0.2, -0.15) is 4.31 Å². The Bertz CT molecular complexity index is 639. The normalized spacial score (nSPS) is 17.7. The van der Waals surface area contributed by atoms with Crippen molar-refractivity contribution in [3.8, 4) is 0 Å². The molecule has 1 unspecified atom stereocenters. The molecule has 1 fully saturated rings. The Hall–Kier alpha value is -1.38. The number of amides is 1. The topological polar surface area (TPSA) is 80.1 Å². The van der Waals surface area contributed by atoms with Crippen LogP contribution < -0.4 is 0 Å². The van der Waals surface area contributed by atoms with Crippen LogP contribution in [0.1, 0.15) is 45.3 Å². The summed E-state index contributed by atoms with van der Waals surface area (Å²) in [6.07, 6.45) is 5.07. The quantitative estimate of drug-likeness (QED) is 0.583. The summed E-state index contributed by atoms with van der Waals surface area (Å²) in [6, 6.07) is 3.59. The highest BCUT2D eigenvalue weighted by Crippen LogP contribution is 2.16. The van der Waals surface area contributed by atoms with Crippen molar-refractivity contribution in [2.24, 2.45) is 0 Å². The molecular formula is C18H30N2O5S. The van der Waals surface area contributed by atoms with Crippen LogP contribution in [0.2, 0.25) is 0 Å². The van der Waals surface area contributed by atoms with E-state index in [-0.39, 0.29) is 24.3 Å². The monoisotopic (exact) mass is 386 g/mol. The van der Waals surface area contributed by atoms with Crippen molar-refractivity contribution < 1.29 is 22.4 Å². The van der Waals surface area contributed by atoms with E-state index in [9.17, 15) is 13.2 Å². The predicted molar refractivity (Wildman–Crippen MR) is 99.0 cm³/mol. The van der Waals surface area contributed by atoms with Crippen LogP contribution in [0.4, 0.5) is 0 Å². The predicted octanol–water partition coefficient (Wildman–Crippen LogP) is 2.24. The van der Waals surface area contributed by atoms with Crippen LogP contribution in [-0.4, -0.2) is 61.6 Å². The number of sulfonamides is 1. The first-order valence-corrected chi connectivity index (χ1v) is 11.0. The summed E-state index contributed by atoms with van der Waals surface area (Å²) in [5.41, 5.74) is 0. The summed E-state index contributed by atoms with van der Waals surface area (Å²) in [7, 11) is -3.42. The first-order chi connectivity index (χ1) is 12.5. The van der Waals surface area contributed by atoms with Crippen molar-refractivity contribution in [1.29, 1.82) is 0 Å². The molecule has 0 N–H and O–H groups in total. The number of carbonyl (C=O) groups is 1. The molecule has 0 bridgehead atoms. The number of hydrogen-bond donors (Lipinski definition) is 0. The molecule has 0 aromatic carbocycles. The Morgan fingerprint density at radius 1 is 1.35 bits per heavy atom. The molecule has 148 valence electrons. The molecule has 1 aromatic heterocycles. The first kappa shape index (κ1) is 20.9. The van der Waals surface area contributed by atoms with Crippen molar-refractivity contribution in [3.63, 3.8) is 0 Å². The summed E-state index contributed by atoms with van der Waals surface area (Å²) in [6.45, 7) is 5.31. The number of ether oxygens (including phenoxy) is 1. The third kappa shape index (κ3) is 6.10. The fourth-order valence-electron chi connectivity index (χ4n) is 2.96. The lowest BCUT2D eigenvalue weighted by molar-refractivity contribution is -0.134. The van der Waals surface area contributed by atoms with Crippen molar-refractivity contribution in [2.45, 2.75) is 52.2 Å². The molecule has 1 aromatic rings. The minimum atomic E-state index is -3.42. The van der Waals surface area contributed by atoms with Crippen molar-refractivity contribution in [1.82, 2.24) is 9.21 Å². The van der Waals surface area contributed by atoms with Gasteiger partial charge in [0.05, 0.1) is 31.2 Å². The van der Waals surface area contributed by atoms with Crippen LogP contribution in [0.25, 0.3) is 0 Å². The Balaban J connectivity index is 2.08. The van der Waals surface area contributed by atoms with Crippen LogP contribution in [0.3, 0.4) is 0 Å². The molecule has 1 saturated heterocycles. The molecule has 1 amide bonds. The van der Waals surface area contributed by atoms with Gasteiger partial charge in [-0.1, -0.05) is 13.3 Å². The largest absolute Gasteiger partial charge is 0.467 e. The molecule has 0 aliphatic carbocycles. The summed E-state index contributed by atoms with van der Waals surface area (Å²) < 4.78 is 37.0. The lowest BCUT2D eigenvalue weighted by Crippen LogP contribution is -2.45. The number of unbranched alkanes of at least 4 members (excludes halogenated alkanes) is 1. The summed E-state index contributed by atoms with van der Waals surface area (Å²) >= 11 is 0. The number of carbonyl (C=O) groups excluding carboxylic acids is 1. The highest BCUT2D eigenvalue weighted by molar-refractivity contribution is 7.89. The van der Waals surface area contributed by atoms with Crippen LogP contribution in [-0.2, 0) is 26.1 Å². The van der Waals surface area contributed by atoms with E-state index in [1.165, 1.54) is 4.31 Å². The summed E-state index contributed by atoms with van der Waals surface area (Å²) in [5.74, 6) is 0.452. The number of rotatable bonds is 11. The fourth-order valence-corrected chi connectivity index (χ4v) is 4.04. The van der Waals surface area contributed by atoms with Crippen LogP contribution in [0, 0.1) is 0 Å². The third-order valence-corrected chi connectivity index (χ3v) is 6.39. The van der Waals surface area contributed by atoms with Crippen molar-refractivity contribution in [2.75, 3.05) is 32.0 Å². The van der Waals surface area contributed by atoms with Crippen molar-refractivity contribution in [3.05, 3.63) is 24.2 Å². The number of furan rings is 1. The molecule has 0 saturated carbocycles. The Morgan fingerprint density at radius 3 is 2.73 bits per heavy atom. The second kappa shape index (κ2) is 10.1. The highest BCUT2D eigenvalue weighted by atomic mass is 32.2. The molecule has 1 aliphatic heterocycles. The maximum absolute atomic E-state index is 12.9. The molecule has 0 spiro atoms. The van der Waals surface area contributed by atoms with Gasteiger partial charge in [-0.15, -0.1) is 0 Å². The van der Waals surface area contributed by atoms with E-state index in [0.29, 0.717) is 32.0 Å². The van der Waals surface area contributed by atoms with E-state index in [2.05, 4.69) is 0 Å². The third-order valence-electron chi connectivity index (χ3n) is 4.56. The van der Waals surface area contributed by atoms with Gasteiger partial charge in [0, 0.05) is 19.7 Å². The van der Waals surface area contributed by atoms with E-state index >= 15 is 0 Å². The van der Waals surface area contributed by atoms with E-state index in [1.807, 2.05) is 13.0 Å². The molecule has 1 atom stereocenters. The van der Waals surface area contributed by atoms with Gasteiger partial charge in [-0.05, 0) is 38.3 Å². The zero-order valence-electron chi connectivity index (χ0n) is 15.7. The van der Waals surface area contributed by atoms with Gasteiger partial charge in [0.1, 0.15) is 5.76 Å². The lowest BCUT2D eigenvalue weighted by atomic mass is 10.2. The van der Waals surface area contributed by atoms with Gasteiger partial charge >= 0.3 is 0 Å². The molecule has 2 heterocycles. The van der Waals surface area contributed by atoms with Crippen LogP contribution in [0.5, 0.6) is 0 Å². The Kier molecular flexibility index (Phi) is 8.12. The van der Waals surface area contributed by atoms with E-state index in [0.717, 1.165) is 25.7 Å². The average molecular weight is 387 g/mol. The highest BCUT2D eigenvalue weighted by Gasteiger charge is 2.28. The molecule has 0 radical (unpaired) electrons. The lowest BCUT2D eigenvalue weighted by Gasteiger charge is -2.28. The second-order valence-corrected chi connectivity index (χ2v) is 8.83. The SMILES string of the molecule is CCCCN(CC(=O)N(Cc1ccco1)CC1CCCO1)S(=O)(=O)CC. The molecule has 1 aliphatic rings. The molecule has 8 heteroatoms. The van der Waals surface area contributed by atoms with Crippen LogP contribution in [0.15, 0.2) is 22.8 Å². The van der Waals surface area contributed by atoms with E-state index in [1.54, 1.807) is 24.2 Å². The van der Waals surface area contributed by atoms with E-state index < -0.39 is 10.0 Å². The number of hydrogen-bond acceptors (Lipinski definition) is 5. The standard InChI is InChI=1S/C18H30N2O5S/c1-3-5-10-20(26(22,23)4-2)15-18(21)19(13-16-8-6-11-24-16)14-17-9-7-12-25-17/h6,8,11,17H,3-5,7,9-10,12-15H2,1-2H3. The van der Waals surface area contributed by atoms with Gasteiger partial charge < -0.3 is 14.1 Å². The van der Waals surface area contributed by atoms with Gasteiger partial charge in [0.15, 0.2) is 0 Å². The van der Waals surface area contributed by atoms with Gasteiger partial charge in [-0.25, -0.2) is 8.42 Å². The first-order valence-electron chi connectivity index (χ1n) is 9.35. The zero-order valence-corrected chi connectivity index (χ0v) is 16.5. The average Bonchev–Trinajstić information content (AvgIpc) is 3.31. The fraction of sp³-hybridized carbons (Fsp3) is 0.722. The minimum Gasteiger partial charge on any atom is -0.467 e. The molecular weight excluding hydrogens is 356 g/mol. The van der Waals surface area contributed by atoms with Crippen LogP contribution >= 0.6 is 0 Å². The Morgan fingerprint density at radius 2 is 2.15 bits per heavy atom. The zero-order chi connectivity index (χ0) is 19.0. The summed E-state index contributed by atoms with van der Waals surface area (Å²) in [5, 5.41) is 0. The minimum absolute atomic E-state index is 0.000728. The molecule has 26 heavy (non-hydrogen) atoms. The second-order valence-electron chi connectivity index (χ2n) is 6.58.